The maximum absolute atomic E-state index is 14.2. The largest absolute Gasteiger partial charge is 0.462 e. The summed E-state index contributed by atoms with van der Waals surface area (Å²) in [6.45, 7) is 8.95. The maximum atomic E-state index is 14.2. The fourth-order valence-electron chi connectivity index (χ4n) is 11.0. The van der Waals surface area contributed by atoms with E-state index >= 15 is 0 Å². The van der Waals surface area contributed by atoms with Crippen LogP contribution in [0.5, 0.6) is 0 Å². The molecule has 0 aliphatic carbocycles. The van der Waals surface area contributed by atoms with E-state index in [1.807, 2.05) is 13.0 Å². The van der Waals surface area contributed by atoms with Gasteiger partial charge in [-0.05, 0) is 46.1 Å². The third-order valence-corrected chi connectivity index (χ3v) is 16.3. The topological polar surface area (TPSA) is 400 Å². The van der Waals surface area contributed by atoms with Gasteiger partial charge in [0, 0.05) is 57.2 Å². The van der Waals surface area contributed by atoms with Crippen molar-refractivity contribution in [3.63, 3.8) is 0 Å². The zero-order valence-electron chi connectivity index (χ0n) is 49.2. The molecular weight excluding hydrogens is 1110 g/mol. The van der Waals surface area contributed by atoms with E-state index in [1.54, 1.807) is 86.8 Å². The van der Waals surface area contributed by atoms with Gasteiger partial charge in [0.15, 0.2) is 12.1 Å². The molecule has 4 saturated heterocycles. The summed E-state index contributed by atoms with van der Waals surface area (Å²) in [5.41, 5.74) is 0. The van der Waals surface area contributed by atoms with Crippen LogP contribution in [0.2, 0.25) is 0 Å². The molecule has 5 aliphatic heterocycles. The summed E-state index contributed by atoms with van der Waals surface area (Å²) < 4.78 is 35.0. The molecule has 0 aromatic heterocycles. The minimum Gasteiger partial charge on any atom is -0.462 e. The predicted octanol–water partition coefficient (Wildman–Crippen LogP) is -2.10. The van der Waals surface area contributed by atoms with Crippen LogP contribution < -0.4 is 10.6 Å². The van der Waals surface area contributed by atoms with Gasteiger partial charge in [-0.2, -0.15) is 0 Å². The van der Waals surface area contributed by atoms with Crippen LogP contribution in [0, 0.1) is 17.8 Å². The molecule has 5 rings (SSSR count). The Morgan fingerprint density at radius 2 is 1.29 bits per heavy atom. The molecule has 85 heavy (non-hydrogen) atoms. The number of hydrogen-bond acceptors (Lipinski definition) is 24. The van der Waals surface area contributed by atoms with Crippen molar-refractivity contribution in [2.24, 2.45) is 17.8 Å². The first kappa shape index (κ1) is 72.0. The minimum absolute atomic E-state index is 0.130. The van der Waals surface area contributed by atoms with E-state index in [0.29, 0.717) is 26.2 Å². The van der Waals surface area contributed by atoms with Gasteiger partial charge in [0.05, 0.1) is 112 Å². The predicted molar refractivity (Wildman–Crippen MR) is 307 cm³/mol. The Morgan fingerprint density at radius 3 is 1.94 bits per heavy atom. The monoisotopic (exact) mass is 1210 g/mol. The Balaban J connectivity index is 1.42. The van der Waals surface area contributed by atoms with Crippen molar-refractivity contribution in [3.05, 3.63) is 85.1 Å². The number of nitrogens with one attached hydrogen (secondary N) is 2. The number of fused-ring (bicyclic) bond motifs is 2. The van der Waals surface area contributed by atoms with Crippen molar-refractivity contribution in [1.29, 1.82) is 0 Å². The third-order valence-electron chi connectivity index (χ3n) is 16.3. The van der Waals surface area contributed by atoms with Gasteiger partial charge < -0.3 is 111 Å². The molecule has 25 nitrogen and oxygen atoms in total. The molecule has 0 aromatic rings. The van der Waals surface area contributed by atoms with Crippen LogP contribution in [0.25, 0.3) is 0 Å². The fourth-order valence-corrected chi connectivity index (χ4v) is 11.0. The van der Waals surface area contributed by atoms with Gasteiger partial charge in [0.2, 0.25) is 11.7 Å². The van der Waals surface area contributed by atoms with E-state index in [2.05, 4.69) is 15.5 Å². The van der Waals surface area contributed by atoms with Crippen molar-refractivity contribution >= 4 is 11.9 Å². The summed E-state index contributed by atoms with van der Waals surface area (Å²) in [5.74, 6) is -8.36. The van der Waals surface area contributed by atoms with E-state index < -0.39 is 184 Å². The molecule has 1 amide bonds. The summed E-state index contributed by atoms with van der Waals surface area (Å²) >= 11 is 0. The number of amides is 1. The zero-order chi connectivity index (χ0) is 62.4. The molecule has 2 bridgehead atoms. The molecule has 23 atom stereocenters. The lowest BCUT2D eigenvalue weighted by atomic mass is 9.82. The lowest BCUT2D eigenvalue weighted by Crippen LogP contribution is -2.69. The minimum atomic E-state index is -2.47. The number of allylic oxidation sites excluding steroid dienone is 12. The number of carbonyl (C=O) groups excluding carboxylic acids is 2. The van der Waals surface area contributed by atoms with Gasteiger partial charge in [0.25, 0.3) is 0 Å². The van der Waals surface area contributed by atoms with Crippen molar-refractivity contribution < 1.29 is 110 Å². The molecule has 25 heteroatoms. The first-order chi connectivity index (χ1) is 40.3. The van der Waals surface area contributed by atoms with Crippen LogP contribution in [0.3, 0.4) is 0 Å². The Kier molecular flexibility index (Phi) is 30.1. The Labute approximate surface area is 497 Å². The molecule has 5 aliphatic rings. The highest BCUT2D eigenvalue weighted by Gasteiger charge is 2.53. The number of morpholine rings is 1. The molecular formula is C60H97N3O22. The number of aliphatic hydroxyl groups excluding tert-OH is 12. The van der Waals surface area contributed by atoms with E-state index in [0.717, 1.165) is 13.1 Å². The molecule has 16 N–H and O–H groups in total. The van der Waals surface area contributed by atoms with Crippen molar-refractivity contribution in [2.45, 2.75) is 207 Å². The number of esters is 1. The van der Waals surface area contributed by atoms with E-state index in [1.165, 1.54) is 13.0 Å². The average molecular weight is 1210 g/mol. The molecule has 0 aromatic carbocycles. The van der Waals surface area contributed by atoms with Crippen molar-refractivity contribution in [3.8, 4) is 0 Å². The summed E-state index contributed by atoms with van der Waals surface area (Å²) in [5, 5.41) is 160. The number of hydrogen-bond donors (Lipinski definition) is 16. The second-order valence-corrected chi connectivity index (χ2v) is 23.3. The van der Waals surface area contributed by atoms with Gasteiger partial charge in [-0.1, -0.05) is 98.9 Å². The van der Waals surface area contributed by atoms with E-state index in [-0.39, 0.29) is 38.1 Å². The van der Waals surface area contributed by atoms with Crippen molar-refractivity contribution in [2.75, 3.05) is 52.5 Å². The molecule has 0 saturated carbocycles. The van der Waals surface area contributed by atoms with Crippen LogP contribution in [0.1, 0.15) is 85.5 Å². The summed E-state index contributed by atoms with van der Waals surface area (Å²) in [6.07, 6.45) is -2.45. The Bertz CT molecular complexity index is 2210. The highest BCUT2D eigenvalue weighted by Crippen LogP contribution is 2.39. The standard InChI is InChI=1S/C60H97N3O22/c1-36-18-15-13-11-9-7-5-6-8-10-12-14-16-19-43(84-58-55(75)51(53(73)39(4)83-58)62-35-60(79)56(76)54(74)47(70)34-81-60)31-48-50(57(77)61-22-17-23-63-24-26-80-27-25-63)46(69)33-59(78,85-48)32-42(66)29-45(68)44(67)21-20-40(64)28-41(65)30-49(71)82-38(3)37(2)52(36)72/h5-16,18-19,36-48,50-56,58,62,64-70,72-76,78-79H,17,20-35H2,1-4H3,(H,61,77)/b6-5+,9-7+,10-8+,13-11+,14-12+,18-15+,19-16+/t36-,37?,38-,39+,40+,41+,42-,43-,44+,45+,46-,47+,48?,50?,51-,52+,53+,54-,55-,56-,58?,59+,60+/m0/s1. The lowest BCUT2D eigenvalue weighted by Gasteiger charge is -2.47. The summed E-state index contributed by atoms with van der Waals surface area (Å²) in [4.78, 5) is 29.2. The Hall–Kier alpha value is -3.72. The normalized spacial score (nSPS) is 44.4. The van der Waals surface area contributed by atoms with Gasteiger partial charge in [-0.3, -0.25) is 14.5 Å². The van der Waals surface area contributed by atoms with Crippen LogP contribution in [0.4, 0.5) is 0 Å². The second kappa shape index (κ2) is 35.5. The molecule has 0 spiro atoms. The van der Waals surface area contributed by atoms with Crippen LogP contribution >= 0.6 is 0 Å². The number of rotatable bonds is 10. The van der Waals surface area contributed by atoms with Crippen molar-refractivity contribution in [1.82, 2.24) is 15.5 Å². The third kappa shape index (κ3) is 23.0. The van der Waals surface area contributed by atoms with Crippen LogP contribution in [0.15, 0.2) is 85.1 Å². The highest BCUT2D eigenvalue weighted by molar-refractivity contribution is 5.80. The Morgan fingerprint density at radius 1 is 0.671 bits per heavy atom. The first-order valence-corrected chi connectivity index (χ1v) is 29.7. The van der Waals surface area contributed by atoms with Crippen LogP contribution in [-0.2, 0) is 38.0 Å². The van der Waals surface area contributed by atoms with Crippen LogP contribution in [-0.4, -0.2) is 262 Å². The average Bonchev–Trinajstić information content (AvgIpc) is 3.49. The summed E-state index contributed by atoms with van der Waals surface area (Å²) in [6, 6.07) is -1.34. The lowest BCUT2D eigenvalue weighted by molar-refractivity contribution is -0.323. The second-order valence-electron chi connectivity index (χ2n) is 23.3. The molecule has 484 valence electrons. The van der Waals surface area contributed by atoms with Gasteiger partial charge in [-0.15, -0.1) is 0 Å². The number of cyclic esters (lactones) is 1. The number of ether oxygens (including phenoxy) is 6. The van der Waals surface area contributed by atoms with Gasteiger partial charge in [-0.25, -0.2) is 0 Å². The van der Waals surface area contributed by atoms with Gasteiger partial charge in [0.1, 0.15) is 30.5 Å². The summed E-state index contributed by atoms with van der Waals surface area (Å²) in [7, 11) is 0. The van der Waals surface area contributed by atoms with Gasteiger partial charge >= 0.3 is 5.97 Å². The van der Waals surface area contributed by atoms with E-state index in [4.69, 9.17) is 28.4 Å². The number of aliphatic hydroxyl groups is 14. The molecule has 5 heterocycles. The number of carbonyl (C=O) groups is 2. The quantitative estimate of drug-likeness (QED) is 0.0823. The number of nitrogens with zero attached hydrogens (tertiary/aromatic N) is 1. The molecule has 4 unspecified atom stereocenters. The smallest absolute Gasteiger partial charge is 0.308 e. The maximum Gasteiger partial charge on any atom is 0.308 e. The zero-order valence-corrected chi connectivity index (χ0v) is 49.2. The first-order valence-electron chi connectivity index (χ1n) is 29.7. The van der Waals surface area contributed by atoms with E-state index in [9.17, 15) is 81.1 Å². The fraction of sp³-hybridized carbons (Fsp3) is 0.733. The molecule has 4 fully saturated rings. The molecule has 0 radical (unpaired) electrons. The SMILES string of the molecule is CC1[C@H](C)OC(=O)C[C@H](O)C[C@H](O)CC[C@@H](O)[C@H](O)C[C@H](O)C[C@]2(O)C[C@H](O)C(C(=O)NCCCN3CCOCC3)C(C[C@@H](OC3O[C@H](C)[C@@H](O)[C@H](NC[C@@]4(O)OC[C@@H](O)[C@H](O)[C@@H]4O)[C@@H]3O)/C=C/C=C/C=C/C=C/C=C/C=C/C=C/[C@H](C)[C@H]1O)O2. The highest BCUT2D eigenvalue weighted by atomic mass is 16.7.